The van der Waals surface area contributed by atoms with Crippen molar-refractivity contribution in [2.45, 2.75) is 33.3 Å². The second-order valence-corrected chi connectivity index (χ2v) is 4.52. The molecular formula is C13H20N2O3. The quantitative estimate of drug-likeness (QED) is 0.459. The molecule has 5 heteroatoms. The first kappa shape index (κ1) is 14.4. The van der Waals surface area contributed by atoms with Gasteiger partial charge in [-0.2, -0.15) is 0 Å². The minimum atomic E-state index is -0.474. The molecule has 1 aromatic rings. The number of rotatable bonds is 7. The van der Waals surface area contributed by atoms with Crippen LogP contribution in [0, 0.1) is 16.0 Å². The van der Waals surface area contributed by atoms with Gasteiger partial charge in [-0.3, -0.25) is 10.1 Å². The minimum Gasteiger partial charge on any atom is -0.393 e. The number of benzene rings is 1. The molecule has 100 valence electrons. The molecule has 0 spiro atoms. The number of nitrogens with zero attached hydrogens (tertiary/aromatic N) is 1. The molecule has 1 rings (SSSR count). The summed E-state index contributed by atoms with van der Waals surface area (Å²) in [6.45, 7) is 5.23. The largest absolute Gasteiger partial charge is 0.393 e. The van der Waals surface area contributed by atoms with E-state index in [4.69, 9.17) is 10.5 Å². The van der Waals surface area contributed by atoms with Crippen LogP contribution in [0.25, 0.3) is 0 Å². The third kappa shape index (κ3) is 4.00. The van der Waals surface area contributed by atoms with Crippen molar-refractivity contribution in [3.05, 3.63) is 33.9 Å². The predicted octanol–water partition coefficient (Wildman–Crippen LogP) is 3.13. The maximum absolute atomic E-state index is 10.7. The summed E-state index contributed by atoms with van der Waals surface area (Å²) >= 11 is 0. The summed E-state index contributed by atoms with van der Waals surface area (Å²) in [5.74, 6) is 0.495. The van der Waals surface area contributed by atoms with Gasteiger partial charge in [0.05, 0.1) is 11.5 Å². The summed E-state index contributed by atoms with van der Waals surface area (Å²) in [7, 11) is 0. The van der Waals surface area contributed by atoms with E-state index in [0.717, 1.165) is 12.8 Å². The second kappa shape index (κ2) is 6.96. The predicted molar refractivity (Wildman–Crippen MR) is 71.2 cm³/mol. The Kier molecular flexibility index (Phi) is 5.58. The van der Waals surface area contributed by atoms with Gasteiger partial charge in [-0.15, -0.1) is 0 Å². The van der Waals surface area contributed by atoms with Crippen molar-refractivity contribution in [2.24, 2.45) is 5.92 Å². The van der Waals surface area contributed by atoms with E-state index in [9.17, 15) is 10.1 Å². The number of hydrogen-bond acceptors (Lipinski definition) is 4. The van der Waals surface area contributed by atoms with Crippen LogP contribution in [0.2, 0.25) is 0 Å². The van der Waals surface area contributed by atoms with Crippen LogP contribution in [0.1, 0.15) is 32.3 Å². The molecule has 0 radical (unpaired) electrons. The summed E-state index contributed by atoms with van der Waals surface area (Å²) in [5.41, 5.74) is 6.55. The van der Waals surface area contributed by atoms with Gasteiger partial charge in [0.15, 0.2) is 0 Å². The Labute approximate surface area is 107 Å². The molecular weight excluding hydrogens is 232 g/mol. The summed E-state index contributed by atoms with van der Waals surface area (Å²) in [4.78, 5) is 10.3. The standard InChI is InChI=1S/C13H20N2O3/c1-3-5-10(2)8-18-9-11-6-4-7-12(13(11)14)15(16)17/h4,6-7,10H,3,5,8-9,14H2,1-2H3. The van der Waals surface area contributed by atoms with Crippen LogP contribution >= 0.6 is 0 Å². The van der Waals surface area contributed by atoms with Crippen molar-refractivity contribution in [1.29, 1.82) is 0 Å². The monoisotopic (exact) mass is 252 g/mol. The molecule has 0 aromatic heterocycles. The van der Waals surface area contributed by atoms with Gasteiger partial charge < -0.3 is 10.5 Å². The normalized spacial score (nSPS) is 12.3. The highest BCUT2D eigenvalue weighted by atomic mass is 16.6. The molecule has 0 saturated heterocycles. The fourth-order valence-corrected chi connectivity index (χ4v) is 1.83. The number of nitrogen functional groups attached to an aromatic ring is 1. The first-order valence-electron chi connectivity index (χ1n) is 6.15. The molecule has 1 atom stereocenters. The molecule has 5 nitrogen and oxygen atoms in total. The number of ether oxygens (including phenoxy) is 1. The van der Waals surface area contributed by atoms with Crippen molar-refractivity contribution in [2.75, 3.05) is 12.3 Å². The van der Waals surface area contributed by atoms with Crippen molar-refractivity contribution < 1.29 is 9.66 Å². The van der Waals surface area contributed by atoms with Crippen LogP contribution in [-0.2, 0) is 11.3 Å². The van der Waals surface area contributed by atoms with E-state index in [-0.39, 0.29) is 11.4 Å². The SMILES string of the molecule is CCCC(C)COCc1cccc([N+](=O)[O-])c1N. The van der Waals surface area contributed by atoms with Gasteiger partial charge in [0.1, 0.15) is 5.69 Å². The Morgan fingerprint density at radius 2 is 2.22 bits per heavy atom. The Morgan fingerprint density at radius 1 is 1.50 bits per heavy atom. The molecule has 1 aromatic carbocycles. The Morgan fingerprint density at radius 3 is 2.83 bits per heavy atom. The molecule has 1 unspecified atom stereocenters. The lowest BCUT2D eigenvalue weighted by atomic mass is 10.1. The van der Waals surface area contributed by atoms with Gasteiger partial charge in [0.25, 0.3) is 5.69 Å². The van der Waals surface area contributed by atoms with Crippen molar-refractivity contribution in [3.63, 3.8) is 0 Å². The number of nitro benzene ring substituents is 1. The number of para-hydroxylation sites is 1. The molecule has 0 amide bonds. The molecule has 0 fully saturated rings. The number of nitrogens with two attached hydrogens (primary N) is 1. The van der Waals surface area contributed by atoms with Crippen LogP contribution < -0.4 is 5.73 Å². The third-order valence-electron chi connectivity index (χ3n) is 2.81. The van der Waals surface area contributed by atoms with Crippen LogP contribution in [0.15, 0.2) is 18.2 Å². The lowest BCUT2D eigenvalue weighted by Gasteiger charge is -2.11. The highest BCUT2D eigenvalue weighted by molar-refractivity contribution is 5.62. The van der Waals surface area contributed by atoms with E-state index in [0.29, 0.717) is 24.7 Å². The Bertz CT molecular complexity index is 407. The second-order valence-electron chi connectivity index (χ2n) is 4.52. The number of nitro groups is 1. The van der Waals surface area contributed by atoms with Gasteiger partial charge in [-0.25, -0.2) is 0 Å². The molecule has 2 N–H and O–H groups in total. The molecule has 0 aliphatic carbocycles. The average molecular weight is 252 g/mol. The van der Waals surface area contributed by atoms with E-state index in [2.05, 4.69) is 13.8 Å². The van der Waals surface area contributed by atoms with Gasteiger partial charge in [-0.1, -0.05) is 32.4 Å². The van der Waals surface area contributed by atoms with E-state index in [1.807, 2.05) is 0 Å². The molecule has 18 heavy (non-hydrogen) atoms. The zero-order valence-electron chi connectivity index (χ0n) is 10.9. The molecule has 0 aliphatic heterocycles. The molecule has 0 heterocycles. The Hall–Kier alpha value is -1.62. The van der Waals surface area contributed by atoms with Crippen LogP contribution in [0.5, 0.6) is 0 Å². The third-order valence-corrected chi connectivity index (χ3v) is 2.81. The van der Waals surface area contributed by atoms with E-state index in [1.165, 1.54) is 6.07 Å². The molecule has 0 bridgehead atoms. The van der Waals surface area contributed by atoms with Crippen molar-refractivity contribution in [3.8, 4) is 0 Å². The Balaban J connectivity index is 2.57. The van der Waals surface area contributed by atoms with Crippen LogP contribution in [0.3, 0.4) is 0 Å². The maximum Gasteiger partial charge on any atom is 0.292 e. The van der Waals surface area contributed by atoms with Gasteiger partial charge in [0.2, 0.25) is 0 Å². The first-order valence-corrected chi connectivity index (χ1v) is 6.15. The van der Waals surface area contributed by atoms with Gasteiger partial charge in [-0.05, 0) is 12.3 Å². The van der Waals surface area contributed by atoms with Crippen LogP contribution in [0.4, 0.5) is 11.4 Å². The van der Waals surface area contributed by atoms with Crippen molar-refractivity contribution >= 4 is 11.4 Å². The number of hydrogen-bond donors (Lipinski definition) is 1. The molecule has 0 saturated carbocycles. The van der Waals surface area contributed by atoms with Gasteiger partial charge >= 0.3 is 0 Å². The minimum absolute atomic E-state index is 0.0577. The van der Waals surface area contributed by atoms with Crippen molar-refractivity contribution in [1.82, 2.24) is 0 Å². The summed E-state index contributed by atoms with van der Waals surface area (Å²) in [5, 5.41) is 10.7. The smallest absolute Gasteiger partial charge is 0.292 e. The lowest BCUT2D eigenvalue weighted by Crippen LogP contribution is -2.07. The van der Waals surface area contributed by atoms with E-state index in [1.54, 1.807) is 12.1 Å². The molecule has 0 aliphatic rings. The average Bonchev–Trinajstić information content (AvgIpc) is 2.31. The summed E-state index contributed by atoms with van der Waals surface area (Å²) < 4.78 is 5.55. The van der Waals surface area contributed by atoms with E-state index >= 15 is 0 Å². The van der Waals surface area contributed by atoms with Gasteiger partial charge in [0, 0.05) is 18.2 Å². The first-order chi connectivity index (χ1) is 8.56. The summed E-state index contributed by atoms with van der Waals surface area (Å²) in [6.07, 6.45) is 2.24. The highest BCUT2D eigenvalue weighted by Gasteiger charge is 2.14. The maximum atomic E-state index is 10.7. The highest BCUT2D eigenvalue weighted by Crippen LogP contribution is 2.25. The van der Waals surface area contributed by atoms with Crippen LogP contribution in [-0.4, -0.2) is 11.5 Å². The zero-order chi connectivity index (χ0) is 13.5. The fourth-order valence-electron chi connectivity index (χ4n) is 1.83. The fraction of sp³-hybridized carbons (Fsp3) is 0.538. The lowest BCUT2D eigenvalue weighted by molar-refractivity contribution is -0.384. The topological polar surface area (TPSA) is 78.4 Å². The van der Waals surface area contributed by atoms with E-state index < -0.39 is 4.92 Å². The summed E-state index contributed by atoms with van der Waals surface area (Å²) in [6, 6.07) is 4.79. The number of anilines is 1. The zero-order valence-corrected chi connectivity index (χ0v) is 10.9.